The van der Waals surface area contributed by atoms with Gasteiger partial charge in [-0.1, -0.05) is 48.2 Å². The minimum Gasteiger partial charge on any atom is -0.377 e. The summed E-state index contributed by atoms with van der Waals surface area (Å²) in [6.07, 6.45) is 1.27. The molecule has 1 aliphatic rings. The van der Waals surface area contributed by atoms with Gasteiger partial charge < -0.3 is 5.73 Å². The first-order chi connectivity index (χ1) is 12.6. The van der Waals surface area contributed by atoms with E-state index >= 15 is 0 Å². The first kappa shape index (κ1) is 17.8. The molecule has 1 heterocycles. The largest absolute Gasteiger partial charge is 0.377 e. The van der Waals surface area contributed by atoms with Crippen molar-refractivity contribution in [1.82, 2.24) is 0 Å². The number of benzene rings is 2. The van der Waals surface area contributed by atoms with E-state index in [0.717, 1.165) is 16.7 Å². The summed E-state index contributed by atoms with van der Waals surface area (Å²) in [7, 11) is 0. The maximum absolute atomic E-state index is 13.5. The molecule has 6 nitrogen and oxygen atoms in total. The van der Waals surface area contributed by atoms with Gasteiger partial charge in [-0.2, -0.15) is 5.10 Å². The predicted molar refractivity (Wildman–Crippen MR) is 101 cm³/mol. The first-order valence-electron chi connectivity index (χ1n) is 7.76. The Kier molecular flexibility index (Phi) is 5.43. The lowest BCUT2D eigenvalue weighted by atomic mass is 10.2. The van der Waals surface area contributed by atoms with Crippen molar-refractivity contribution < 1.29 is 14.0 Å². The van der Waals surface area contributed by atoms with Crippen LogP contribution < -0.4 is 10.6 Å². The van der Waals surface area contributed by atoms with E-state index in [4.69, 9.17) is 5.73 Å². The van der Waals surface area contributed by atoms with Crippen LogP contribution in [0.4, 0.5) is 10.1 Å². The lowest BCUT2D eigenvalue weighted by Gasteiger charge is -2.14. The number of thioether (sulfide) groups is 1. The average molecular weight is 370 g/mol. The summed E-state index contributed by atoms with van der Waals surface area (Å²) in [4.78, 5) is 25.8. The molecule has 1 fully saturated rings. The fraction of sp³-hybridized carbons (Fsp3) is 0.111. The molecule has 26 heavy (non-hydrogen) atoms. The van der Waals surface area contributed by atoms with Crippen molar-refractivity contribution >= 4 is 40.6 Å². The summed E-state index contributed by atoms with van der Waals surface area (Å²) >= 11 is 0.965. The van der Waals surface area contributed by atoms with Crippen LogP contribution in [-0.2, 0) is 9.59 Å². The quantitative estimate of drug-likeness (QED) is 0.388. The Hall–Kier alpha value is -3.00. The van der Waals surface area contributed by atoms with Crippen molar-refractivity contribution in [3.05, 3.63) is 66.0 Å². The van der Waals surface area contributed by atoms with Crippen LogP contribution in [0.1, 0.15) is 12.0 Å². The molecule has 0 bridgehead atoms. The molecular weight excluding hydrogens is 355 g/mol. The second kappa shape index (κ2) is 7.92. The molecular formula is C18H15FN4O2S. The fourth-order valence-electron chi connectivity index (χ4n) is 2.44. The number of imide groups is 1. The number of nitrogens with two attached hydrogens (primary N) is 1. The second-order valence-electron chi connectivity index (χ2n) is 5.42. The molecule has 1 aliphatic heterocycles. The molecule has 0 aliphatic carbocycles. The highest BCUT2D eigenvalue weighted by Gasteiger charge is 2.40. The molecule has 0 radical (unpaired) electrons. The monoisotopic (exact) mass is 370 g/mol. The Morgan fingerprint density at radius 1 is 1.15 bits per heavy atom. The van der Waals surface area contributed by atoms with E-state index in [0.29, 0.717) is 5.69 Å². The van der Waals surface area contributed by atoms with Gasteiger partial charge in [0.2, 0.25) is 11.8 Å². The molecule has 1 atom stereocenters. The Balaban J connectivity index is 1.66. The Morgan fingerprint density at radius 3 is 2.58 bits per heavy atom. The highest BCUT2D eigenvalue weighted by molar-refractivity contribution is 8.14. The summed E-state index contributed by atoms with van der Waals surface area (Å²) in [6.45, 7) is 0. The lowest BCUT2D eigenvalue weighted by Crippen LogP contribution is -2.31. The standard InChI is InChI=1S/C18H15FN4O2S/c19-14-9-5-4-6-12(14)11-21-22-18(20)26-15-10-16(24)23(17(15)25)13-7-2-1-3-8-13/h1-9,11,15H,10H2,(H2,20,22). The number of amides is 2. The van der Waals surface area contributed by atoms with Crippen molar-refractivity contribution in [2.24, 2.45) is 15.9 Å². The van der Waals surface area contributed by atoms with Gasteiger partial charge in [-0.05, 0) is 18.2 Å². The predicted octanol–water partition coefficient (Wildman–Crippen LogP) is 2.54. The highest BCUT2D eigenvalue weighted by Crippen LogP contribution is 2.29. The third kappa shape index (κ3) is 3.97. The summed E-state index contributed by atoms with van der Waals surface area (Å²) in [5, 5.41) is 6.86. The van der Waals surface area contributed by atoms with Crippen LogP contribution in [0.25, 0.3) is 0 Å². The SMILES string of the molecule is NC(=NN=Cc1ccccc1F)SC1CC(=O)N(c2ccccc2)C1=O. The summed E-state index contributed by atoms with van der Waals surface area (Å²) in [6, 6.07) is 14.8. The topological polar surface area (TPSA) is 88.1 Å². The van der Waals surface area contributed by atoms with Crippen LogP contribution >= 0.6 is 11.8 Å². The van der Waals surface area contributed by atoms with Gasteiger partial charge in [0.25, 0.3) is 0 Å². The van der Waals surface area contributed by atoms with Crippen molar-refractivity contribution in [2.75, 3.05) is 4.90 Å². The number of hydrogen-bond donors (Lipinski definition) is 1. The third-order valence-corrected chi connectivity index (χ3v) is 4.62. The van der Waals surface area contributed by atoms with Gasteiger partial charge in [0.1, 0.15) is 11.1 Å². The van der Waals surface area contributed by atoms with E-state index in [2.05, 4.69) is 10.2 Å². The summed E-state index contributed by atoms with van der Waals surface area (Å²) < 4.78 is 13.5. The van der Waals surface area contributed by atoms with Crippen molar-refractivity contribution in [2.45, 2.75) is 11.7 Å². The maximum Gasteiger partial charge on any atom is 0.247 e. The third-order valence-electron chi connectivity index (χ3n) is 3.64. The smallest absolute Gasteiger partial charge is 0.247 e. The van der Waals surface area contributed by atoms with Crippen LogP contribution in [-0.4, -0.2) is 28.4 Å². The number of nitrogens with zero attached hydrogens (tertiary/aromatic N) is 3. The molecule has 8 heteroatoms. The normalized spacial score (nSPS) is 18.1. The molecule has 0 aromatic heterocycles. The van der Waals surface area contributed by atoms with Gasteiger partial charge >= 0.3 is 0 Å². The zero-order valence-electron chi connectivity index (χ0n) is 13.6. The number of carbonyl (C=O) groups is 2. The van der Waals surface area contributed by atoms with Crippen molar-refractivity contribution in [3.8, 4) is 0 Å². The number of carbonyl (C=O) groups excluding carboxylic acids is 2. The number of halogens is 1. The molecule has 2 amide bonds. The summed E-state index contributed by atoms with van der Waals surface area (Å²) in [5.74, 6) is -1.06. The molecule has 2 aromatic carbocycles. The van der Waals surface area contributed by atoms with Gasteiger partial charge in [-0.25, -0.2) is 9.29 Å². The second-order valence-corrected chi connectivity index (χ2v) is 6.64. The van der Waals surface area contributed by atoms with E-state index in [9.17, 15) is 14.0 Å². The van der Waals surface area contributed by atoms with Crippen LogP contribution in [0.2, 0.25) is 0 Å². The Labute approximate surface area is 153 Å². The van der Waals surface area contributed by atoms with E-state index in [1.807, 2.05) is 0 Å². The number of hydrogen-bond acceptors (Lipinski definition) is 5. The molecule has 132 valence electrons. The molecule has 3 rings (SSSR count). The molecule has 0 spiro atoms. The molecule has 2 N–H and O–H groups in total. The molecule has 1 unspecified atom stereocenters. The lowest BCUT2D eigenvalue weighted by molar-refractivity contribution is -0.121. The van der Waals surface area contributed by atoms with Crippen LogP contribution in [0.3, 0.4) is 0 Å². The number of amidine groups is 1. The minimum absolute atomic E-state index is 0.0265. The van der Waals surface area contributed by atoms with Gasteiger partial charge in [0.05, 0.1) is 11.9 Å². The Morgan fingerprint density at radius 2 is 1.85 bits per heavy atom. The van der Waals surface area contributed by atoms with Crippen LogP contribution in [0, 0.1) is 5.82 Å². The van der Waals surface area contributed by atoms with E-state index in [1.165, 1.54) is 12.3 Å². The molecule has 2 aromatic rings. The zero-order valence-corrected chi connectivity index (χ0v) is 14.4. The summed E-state index contributed by atoms with van der Waals surface area (Å²) in [5.41, 5.74) is 6.57. The Bertz CT molecular complexity index is 886. The zero-order chi connectivity index (χ0) is 18.5. The van der Waals surface area contributed by atoms with Gasteiger partial charge in [-0.3, -0.25) is 9.59 Å². The maximum atomic E-state index is 13.5. The minimum atomic E-state index is -0.657. The molecule has 1 saturated heterocycles. The number of rotatable bonds is 4. The van der Waals surface area contributed by atoms with Crippen LogP contribution in [0.5, 0.6) is 0 Å². The van der Waals surface area contributed by atoms with Gasteiger partial charge in [-0.15, -0.1) is 5.10 Å². The number of para-hydroxylation sites is 1. The van der Waals surface area contributed by atoms with E-state index < -0.39 is 11.1 Å². The molecule has 0 saturated carbocycles. The van der Waals surface area contributed by atoms with E-state index in [1.54, 1.807) is 48.5 Å². The average Bonchev–Trinajstić information content (AvgIpc) is 2.91. The van der Waals surface area contributed by atoms with E-state index in [-0.39, 0.29) is 29.0 Å². The van der Waals surface area contributed by atoms with Gasteiger partial charge in [0, 0.05) is 12.0 Å². The fourth-order valence-corrected chi connectivity index (χ4v) is 3.26. The highest BCUT2D eigenvalue weighted by atomic mass is 32.2. The first-order valence-corrected chi connectivity index (χ1v) is 8.64. The van der Waals surface area contributed by atoms with Crippen LogP contribution in [0.15, 0.2) is 64.8 Å². The van der Waals surface area contributed by atoms with Crippen molar-refractivity contribution in [3.63, 3.8) is 0 Å². The van der Waals surface area contributed by atoms with Crippen molar-refractivity contribution in [1.29, 1.82) is 0 Å². The number of anilines is 1. The van der Waals surface area contributed by atoms with Gasteiger partial charge in [0.15, 0.2) is 5.17 Å².